The van der Waals surface area contributed by atoms with Gasteiger partial charge in [-0.25, -0.2) is 4.98 Å². The van der Waals surface area contributed by atoms with Gasteiger partial charge in [0, 0.05) is 24.7 Å². The largest absolute Gasteiger partial charge is 0.307 e. The molecule has 0 saturated carbocycles. The minimum Gasteiger partial charge on any atom is -0.307 e. The Morgan fingerprint density at radius 2 is 2.10 bits per heavy atom. The molecule has 0 amide bonds. The normalized spacial score (nSPS) is 10.8. The van der Waals surface area contributed by atoms with Gasteiger partial charge >= 0.3 is 0 Å². The molecule has 0 aliphatic carbocycles. The summed E-state index contributed by atoms with van der Waals surface area (Å²) in [6, 6.07) is 5.90. The van der Waals surface area contributed by atoms with E-state index in [0.29, 0.717) is 0 Å². The Labute approximate surface area is 126 Å². The Morgan fingerprint density at radius 1 is 1.15 bits per heavy atom. The Morgan fingerprint density at radius 3 is 2.85 bits per heavy atom. The van der Waals surface area contributed by atoms with E-state index in [9.17, 15) is 0 Å². The molecule has 1 N–H and O–H groups in total. The van der Waals surface area contributed by atoms with Crippen LogP contribution >= 0.6 is 22.7 Å². The molecule has 0 bridgehead atoms. The van der Waals surface area contributed by atoms with E-state index in [1.165, 1.54) is 11.1 Å². The Hall–Kier alpha value is -1.56. The second-order valence-corrected chi connectivity index (χ2v) is 6.14. The highest BCUT2D eigenvalue weighted by atomic mass is 32.1. The minimum absolute atomic E-state index is 0.790. The average molecular weight is 301 g/mol. The SMILES string of the molecule is Cc1cscc1CNCc1csc(-c2ccccn2)n1. The number of pyridine rings is 1. The lowest BCUT2D eigenvalue weighted by molar-refractivity contribution is 0.682. The van der Waals surface area contributed by atoms with Crippen molar-refractivity contribution in [3.63, 3.8) is 0 Å². The summed E-state index contributed by atoms with van der Waals surface area (Å²) >= 11 is 3.39. The van der Waals surface area contributed by atoms with E-state index in [2.05, 4.69) is 38.3 Å². The second-order valence-electron chi connectivity index (χ2n) is 4.54. The van der Waals surface area contributed by atoms with Crippen molar-refractivity contribution < 1.29 is 0 Å². The number of hydrogen-bond donors (Lipinski definition) is 1. The molecule has 0 aliphatic heterocycles. The maximum Gasteiger partial charge on any atom is 0.142 e. The van der Waals surface area contributed by atoms with Crippen LogP contribution in [0.15, 0.2) is 40.5 Å². The van der Waals surface area contributed by atoms with Crippen molar-refractivity contribution >= 4 is 22.7 Å². The van der Waals surface area contributed by atoms with Crippen LogP contribution in [0.3, 0.4) is 0 Å². The predicted octanol–water partition coefficient (Wildman–Crippen LogP) is 3.86. The molecule has 20 heavy (non-hydrogen) atoms. The quantitative estimate of drug-likeness (QED) is 0.777. The van der Waals surface area contributed by atoms with Crippen molar-refractivity contribution in [3.8, 4) is 10.7 Å². The number of hydrogen-bond acceptors (Lipinski definition) is 5. The van der Waals surface area contributed by atoms with Gasteiger partial charge in [-0.2, -0.15) is 11.3 Å². The summed E-state index contributed by atoms with van der Waals surface area (Å²) in [6.45, 7) is 3.83. The number of aryl methyl sites for hydroxylation is 1. The van der Waals surface area contributed by atoms with Gasteiger partial charge in [-0.1, -0.05) is 6.07 Å². The van der Waals surface area contributed by atoms with Crippen LogP contribution in [0.25, 0.3) is 10.7 Å². The number of thiophene rings is 1. The van der Waals surface area contributed by atoms with Crippen LogP contribution in [0.1, 0.15) is 16.8 Å². The fourth-order valence-corrected chi connectivity index (χ4v) is 3.54. The predicted molar refractivity (Wildman–Crippen MR) is 84.9 cm³/mol. The zero-order valence-corrected chi connectivity index (χ0v) is 12.8. The molecule has 0 aliphatic rings. The van der Waals surface area contributed by atoms with E-state index in [4.69, 9.17) is 0 Å². The van der Waals surface area contributed by atoms with Gasteiger partial charge in [0.1, 0.15) is 5.01 Å². The number of thiazole rings is 1. The molecule has 3 aromatic rings. The van der Waals surface area contributed by atoms with Crippen molar-refractivity contribution in [2.75, 3.05) is 0 Å². The smallest absolute Gasteiger partial charge is 0.142 e. The van der Waals surface area contributed by atoms with Gasteiger partial charge < -0.3 is 5.32 Å². The Kier molecular flexibility index (Phi) is 4.20. The molecular weight excluding hydrogens is 286 g/mol. The van der Waals surface area contributed by atoms with Gasteiger partial charge in [0.05, 0.1) is 11.4 Å². The van der Waals surface area contributed by atoms with Gasteiger partial charge in [0.15, 0.2) is 0 Å². The first-order valence-corrected chi connectivity index (χ1v) is 8.23. The summed E-state index contributed by atoms with van der Waals surface area (Å²) in [4.78, 5) is 8.94. The summed E-state index contributed by atoms with van der Waals surface area (Å²) in [5, 5.41) is 10.9. The van der Waals surface area contributed by atoms with Crippen LogP contribution in [0.4, 0.5) is 0 Å². The van der Waals surface area contributed by atoms with E-state index in [-0.39, 0.29) is 0 Å². The summed E-state index contributed by atoms with van der Waals surface area (Å²) in [6.07, 6.45) is 1.80. The third-order valence-electron chi connectivity index (χ3n) is 3.02. The lowest BCUT2D eigenvalue weighted by Gasteiger charge is -2.02. The van der Waals surface area contributed by atoms with Crippen LogP contribution in [0, 0.1) is 6.92 Å². The molecule has 0 fully saturated rings. The van der Waals surface area contributed by atoms with Crippen LogP contribution in [-0.4, -0.2) is 9.97 Å². The van der Waals surface area contributed by atoms with Gasteiger partial charge in [0.2, 0.25) is 0 Å². The monoisotopic (exact) mass is 301 g/mol. The molecule has 0 radical (unpaired) electrons. The topological polar surface area (TPSA) is 37.8 Å². The zero-order valence-electron chi connectivity index (χ0n) is 11.2. The highest BCUT2D eigenvalue weighted by Gasteiger charge is 2.05. The third kappa shape index (κ3) is 3.12. The standard InChI is InChI=1S/C15H15N3S2/c1-11-8-19-9-12(11)6-16-7-13-10-20-15(18-13)14-4-2-3-5-17-14/h2-5,8-10,16H,6-7H2,1H3. The summed E-state index contributed by atoms with van der Waals surface area (Å²) < 4.78 is 0. The van der Waals surface area contributed by atoms with Crippen molar-refractivity contribution in [3.05, 3.63) is 57.4 Å². The van der Waals surface area contributed by atoms with Crippen molar-refractivity contribution in [2.45, 2.75) is 20.0 Å². The molecule has 0 aromatic carbocycles. The van der Waals surface area contributed by atoms with E-state index >= 15 is 0 Å². The molecule has 3 aromatic heterocycles. The maximum atomic E-state index is 4.62. The van der Waals surface area contributed by atoms with Gasteiger partial charge in [-0.3, -0.25) is 4.98 Å². The molecule has 0 spiro atoms. The highest BCUT2D eigenvalue weighted by molar-refractivity contribution is 7.13. The lowest BCUT2D eigenvalue weighted by Crippen LogP contribution is -2.12. The first-order chi connectivity index (χ1) is 9.83. The lowest BCUT2D eigenvalue weighted by atomic mass is 10.2. The van der Waals surface area contributed by atoms with Crippen molar-refractivity contribution in [1.29, 1.82) is 0 Å². The summed E-state index contributed by atoms with van der Waals surface area (Å²) in [7, 11) is 0. The number of aromatic nitrogens is 2. The van der Waals surface area contributed by atoms with E-state index in [0.717, 1.165) is 29.5 Å². The first kappa shape index (κ1) is 13.4. The third-order valence-corrected chi connectivity index (χ3v) is 4.84. The fourth-order valence-electron chi connectivity index (χ4n) is 1.89. The van der Waals surface area contributed by atoms with Crippen LogP contribution < -0.4 is 5.32 Å². The van der Waals surface area contributed by atoms with Crippen LogP contribution in [-0.2, 0) is 13.1 Å². The number of nitrogens with zero attached hydrogens (tertiary/aromatic N) is 2. The number of rotatable bonds is 5. The second kappa shape index (κ2) is 6.26. The molecule has 0 saturated heterocycles. The van der Waals surface area contributed by atoms with Crippen molar-refractivity contribution in [1.82, 2.24) is 15.3 Å². The van der Waals surface area contributed by atoms with Gasteiger partial charge in [-0.15, -0.1) is 11.3 Å². The molecule has 3 rings (SSSR count). The first-order valence-electron chi connectivity index (χ1n) is 6.41. The molecule has 0 atom stereocenters. The maximum absolute atomic E-state index is 4.62. The number of nitrogens with one attached hydrogen (secondary N) is 1. The molecule has 5 heteroatoms. The van der Waals surface area contributed by atoms with E-state index < -0.39 is 0 Å². The Balaban J connectivity index is 1.59. The molecule has 0 unspecified atom stereocenters. The van der Waals surface area contributed by atoms with Gasteiger partial charge in [-0.05, 0) is 40.9 Å². The van der Waals surface area contributed by atoms with E-state index in [1.54, 1.807) is 28.9 Å². The Bertz CT molecular complexity index is 673. The molecule has 102 valence electrons. The van der Waals surface area contributed by atoms with Crippen molar-refractivity contribution in [2.24, 2.45) is 0 Å². The molecule has 3 heterocycles. The fraction of sp³-hybridized carbons (Fsp3) is 0.200. The molecule has 3 nitrogen and oxygen atoms in total. The zero-order chi connectivity index (χ0) is 13.8. The summed E-state index contributed by atoms with van der Waals surface area (Å²) in [5.41, 5.74) is 4.74. The summed E-state index contributed by atoms with van der Waals surface area (Å²) in [5.74, 6) is 0. The van der Waals surface area contributed by atoms with Gasteiger partial charge in [0.25, 0.3) is 0 Å². The minimum atomic E-state index is 0.790. The van der Waals surface area contributed by atoms with Crippen LogP contribution in [0.5, 0.6) is 0 Å². The van der Waals surface area contributed by atoms with Crippen LogP contribution in [0.2, 0.25) is 0 Å². The van der Waals surface area contributed by atoms with E-state index in [1.807, 2.05) is 18.2 Å². The average Bonchev–Trinajstić information content (AvgIpc) is 3.10. The molecular formula is C15H15N3S2. The highest BCUT2D eigenvalue weighted by Crippen LogP contribution is 2.21.